The Kier molecular flexibility index (Phi) is 7.43. The first-order valence-electron chi connectivity index (χ1n) is 14.2. The Morgan fingerprint density at radius 3 is 2.74 bits per heavy atom. The molecule has 0 fully saturated rings. The molecule has 3 N–H and O–H groups in total. The van der Waals surface area contributed by atoms with Crippen LogP contribution in [0.4, 0.5) is 4.39 Å². The fraction of sp³-hybridized carbons (Fsp3) is 0.229. The summed E-state index contributed by atoms with van der Waals surface area (Å²) in [7, 11) is 1.67. The molecule has 0 spiro atoms. The van der Waals surface area contributed by atoms with E-state index in [1.807, 2.05) is 56.4 Å². The number of nitrogens with one attached hydrogen (secondary N) is 2. The van der Waals surface area contributed by atoms with E-state index >= 15 is 0 Å². The van der Waals surface area contributed by atoms with Crippen molar-refractivity contribution >= 4 is 22.9 Å². The van der Waals surface area contributed by atoms with Crippen molar-refractivity contribution in [2.24, 2.45) is 0 Å². The lowest BCUT2D eigenvalue weighted by Crippen LogP contribution is -2.39. The Labute approximate surface area is 244 Å². The maximum atomic E-state index is 14.5. The number of rotatable bonds is 8. The molecule has 1 unspecified atom stereocenters. The highest BCUT2D eigenvalue weighted by Gasteiger charge is 2.28. The van der Waals surface area contributed by atoms with Crippen molar-refractivity contribution in [2.75, 3.05) is 13.7 Å². The molecule has 7 heteroatoms. The van der Waals surface area contributed by atoms with Crippen molar-refractivity contribution in [1.82, 2.24) is 14.9 Å². The van der Waals surface area contributed by atoms with Gasteiger partial charge in [0.25, 0.3) is 5.91 Å². The number of aromatic nitrogens is 2. The number of aryl methyl sites for hydroxylation is 1. The number of carbonyl (C=O) groups is 1. The standard InChI is InChI=1S/C35H34FN3O3/c1-21(2)13-24-16-29-22(17-33(24)42-3)11-12-39-32(29)18-30(34(39)23-7-6-8-26(36)14-23)35(41)38-27(20-40)15-25-19-37-31-10-5-4-9-28(25)31/h4-10,13-14,16-19,27,37,40H,11-12,15,20H2,1-3H3,(H,38,41). The van der Waals surface area contributed by atoms with Crippen LogP contribution in [-0.4, -0.2) is 40.3 Å². The zero-order valence-corrected chi connectivity index (χ0v) is 24.0. The first-order valence-corrected chi connectivity index (χ1v) is 14.2. The lowest BCUT2D eigenvalue weighted by atomic mass is 9.94. The Morgan fingerprint density at radius 1 is 1.14 bits per heavy atom. The van der Waals surface area contributed by atoms with E-state index in [1.165, 1.54) is 12.1 Å². The summed E-state index contributed by atoms with van der Waals surface area (Å²) in [6, 6.07) is 19.9. The number of benzene rings is 3. The minimum absolute atomic E-state index is 0.219. The molecule has 1 aliphatic heterocycles. The molecule has 0 saturated heterocycles. The SMILES string of the molecule is COc1cc2c(cc1C=C(C)C)-c1cc(C(=O)NC(CO)Cc3c[nH]c4ccccc34)c(-c3cccc(F)c3)n1CC2. The number of hydrogen-bond donors (Lipinski definition) is 3. The van der Waals surface area contributed by atoms with Crippen LogP contribution in [0.5, 0.6) is 5.75 Å². The molecule has 6 rings (SSSR count). The number of methoxy groups -OCH3 is 1. The third-order valence-corrected chi connectivity index (χ3v) is 7.92. The smallest absolute Gasteiger partial charge is 0.253 e. The van der Waals surface area contributed by atoms with Gasteiger partial charge in [0.2, 0.25) is 0 Å². The van der Waals surface area contributed by atoms with Crippen molar-refractivity contribution in [3.8, 4) is 28.3 Å². The van der Waals surface area contributed by atoms with E-state index in [0.717, 1.165) is 56.6 Å². The van der Waals surface area contributed by atoms with Crippen LogP contribution >= 0.6 is 0 Å². The maximum absolute atomic E-state index is 14.5. The van der Waals surface area contributed by atoms with Gasteiger partial charge in [0, 0.05) is 46.0 Å². The second-order valence-corrected chi connectivity index (χ2v) is 11.1. The minimum atomic E-state index is -0.505. The first kappa shape index (κ1) is 27.5. The number of aromatic amines is 1. The van der Waals surface area contributed by atoms with Crippen molar-refractivity contribution in [1.29, 1.82) is 0 Å². The molecule has 3 aromatic carbocycles. The van der Waals surface area contributed by atoms with Crippen LogP contribution in [0, 0.1) is 5.82 Å². The second kappa shape index (κ2) is 11.3. The van der Waals surface area contributed by atoms with Gasteiger partial charge in [-0.2, -0.15) is 0 Å². The average Bonchev–Trinajstić information content (AvgIpc) is 3.58. The summed E-state index contributed by atoms with van der Waals surface area (Å²) in [5, 5.41) is 14.4. The lowest BCUT2D eigenvalue weighted by molar-refractivity contribution is 0.0917. The third kappa shape index (κ3) is 5.12. The number of fused-ring (bicyclic) bond motifs is 4. The van der Waals surface area contributed by atoms with Crippen molar-refractivity contribution in [3.63, 3.8) is 0 Å². The molecule has 6 nitrogen and oxygen atoms in total. The van der Waals surface area contributed by atoms with Gasteiger partial charge < -0.3 is 24.7 Å². The number of carbonyl (C=O) groups excluding carboxylic acids is 1. The summed E-state index contributed by atoms with van der Waals surface area (Å²) in [6.07, 6.45) is 5.21. The van der Waals surface area contributed by atoms with Gasteiger partial charge >= 0.3 is 0 Å². The van der Waals surface area contributed by atoms with Gasteiger partial charge in [0.1, 0.15) is 11.6 Å². The molecular weight excluding hydrogens is 529 g/mol. The number of aliphatic hydroxyl groups excluding tert-OH is 1. The van der Waals surface area contributed by atoms with Crippen LogP contribution in [0.25, 0.3) is 39.5 Å². The number of aliphatic hydroxyl groups is 1. The molecule has 3 heterocycles. The van der Waals surface area contributed by atoms with E-state index in [1.54, 1.807) is 13.2 Å². The highest BCUT2D eigenvalue weighted by atomic mass is 19.1. The Bertz CT molecular complexity index is 1830. The summed E-state index contributed by atoms with van der Waals surface area (Å²) >= 11 is 0. The topological polar surface area (TPSA) is 79.3 Å². The van der Waals surface area contributed by atoms with Crippen molar-refractivity contribution < 1.29 is 19.0 Å². The highest BCUT2D eigenvalue weighted by Crippen LogP contribution is 2.41. The van der Waals surface area contributed by atoms with Gasteiger partial charge in [-0.3, -0.25) is 4.79 Å². The first-order chi connectivity index (χ1) is 20.4. The molecule has 5 aromatic rings. The average molecular weight is 564 g/mol. The number of H-pyrrole nitrogens is 1. The van der Waals surface area contributed by atoms with Gasteiger partial charge in [-0.25, -0.2) is 4.39 Å². The molecule has 214 valence electrons. The molecule has 1 atom stereocenters. The quantitative estimate of drug-likeness (QED) is 0.195. The van der Waals surface area contributed by atoms with E-state index in [0.29, 0.717) is 29.8 Å². The number of hydrogen-bond acceptors (Lipinski definition) is 3. The fourth-order valence-electron chi connectivity index (χ4n) is 6.03. The number of halogens is 1. The van der Waals surface area contributed by atoms with Crippen LogP contribution in [0.1, 0.15) is 40.9 Å². The number of nitrogens with zero attached hydrogens (tertiary/aromatic N) is 1. The molecule has 42 heavy (non-hydrogen) atoms. The van der Waals surface area contributed by atoms with Crippen molar-refractivity contribution in [3.05, 3.63) is 107 Å². The van der Waals surface area contributed by atoms with Crippen LogP contribution in [0.15, 0.2) is 78.5 Å². The number of ether oxygens (including phenoxy) is 1. The normalized spacial score (nSPS) is 12.9. The minimum Gasteiger partial charge on any atom is -0.496 e. The zero-order valence-electron chi connectivity index (χ0n) is 24.0. The molecule has 1 amide bonds. The van der Waals surface area contributed by atoms with Crippen LogP contribution in [0.2, 0.25) is 0 Å². The Balaban J connectivity index is 1.42. The van der Waals surface area contributed by atoms with Crippen LogP contribution in [-0.2, 0) is 19.4 Å². The van der Waals surface area contributed by atoms with E-state index in [9.17, 15) is 14.3 Å². The maximum Gasteiger partial charge on any atom is 0.253 e. The number of amides is 1. The molecule has 2 aromatic heterocycles. The number of allylic oxidation sites excluding steroid dienone is 1. The molecule has 0 radical (unpaired) electrons. The fourth-order valence-corrected chi connectivity index (χ4v) is 6.03. The van der Waals surface area contributed by atoms with Gasteiger partial charge in [0.05, 0.1) is 31.0 Å². The van der Waals surface area contributed by atoms with Gasteiger partial charge in [-0.05, 0) is 74.2 Å². The summed E-state index contributed by atoms with van der Waals surface area (Å²) in [4.78, 5) is 17.2. The van der Waals surface area contributed by atoms with Gasteiger partial charge in [0.15, 0.2) is 0 Å². The zero-order chi connectivity index (χ0) is 29.4. The Hall–Kier alpha value is -4.62. The summed E-state index contributed by atoms with van der Waals surface area (Å²) in [5.74, 6) is 0.129. The van der Waals surface area contributed by atoms with E-state index < -0.39 is 6.04 Å². The lowest BCUT2D eigenvalue weighted by Gasteiger charge is -2.23. The predicted octanol–water partition coefficient (Wildman–Crippen LogP) is 6.76. The van der Waals surface area contributed by atoms with Gasteiger partial charge in [-0.15, -0.1) is 0 Å². The number of para-hydroxylation sites is 1. The van der Waals surface area contributed by atoms with Gasteiger partial charge in [-0.1, -0.05) is 42.0 Å². The molecule has 1 aliphatic rings. The molecule has 0 bridgehead atoms. The molecule has 0 aliphatic carbocycles. The molecular formula is C35H34FN3O3. The second-order valence-electron chi connectivity index (χ2n) is 11.1. The Morgan fingerprint density at radius 2 is 1.98 bits per heavy atom. The summed E-state index contributed by atoms with van der Waals surface area (Å²) in [6.45, 7) is 4.49. The largest absolute Gasteiger partial charge is 0.496 e. The third-order valence-electron chi connectivity index (χ3n) is 7.92. The predicted molar refractivity (Wildman–Crippen MR) is 165 cm³/mol. The highest BCUT2D eigenvalue weighted by molar-refractivity contribution is 6.02. The van der Waals surface area contributed by atoms with Crippen molar-refractivity contribution in [2.45, 2.75) is 39.3 Å². The molecule has 0 saturated carbocycles. The van der Waals surface area contributed by atoms with E-state index in [-0.39, 0.29) is 18.3 Å². The summed E-state index contributed by atoms with van der Waals surface area (Å²) in [5.41, 5.74) is 8.91. The van der Waals surface area contributed by atoms with E-state index in [2.05, 4.69) is 33.1 Å². The monoisotopic (exact) mass is 563 g/mol. The van der Waals surface area contributed by atoms with E-state index in [4.69, 9.17) is 4.74 Å². The summed E-state index contributed by atoms with van der Waals surface area (Å²) < 4.78 is 22.3. The van der Waals surface area contributed by atoms with Crippen LogP contribution < -0.4 is 10.1 Å². The van der Waals surface area contributed by atoms with Crippen LogP contribution in [0.3, 0.4) is 0 Å².